The molecule has 0 saturated heterocycles. The highest BCUT2D eigenvalue weighted by atomic mass is 16.6. The lowest BCUT2D eigenvalue weighted by molar-refractivity contribution is 0.0547. The Bertz CT molecular complexity index is 569. The maximum absolute atomic E-state index is 12.7. The molecule has 5 heteroatoms. The Labute approximate surface area is 295 Å². The summed E-state index contributed by atoms with van der Waals surface area (Å²) in [6.07, 6.45) is 42.2. The summed E-state index contributed by atoms with van der Waals surface area (Å²) in [6, 6.07) is 0. The van der Waals surface area contributed by atoms with Crippen LogP contribution >= 0.6 is 0 Å². The predicted molar refractivity (Wildman–Crippen MR) is 205 cm³/mol. The van der Waals surface area contributed by atoms with E-state index in [9.17, 15) is 4.79 Å². The van der Waals surface area contributed by atoms with Gasteiger partial charge in [-0.25, -0.2) is 4.79 Å². The molecule has 0 bridgehead atoms. The minimum absolute atomic E-state index is 0.186. The van der Waals surface area contributed by atoms with Gasteiger partial charge in [-0.15, -0.1) is 0 Å². The van der Waals surface area contributed by atoms with E-state index in [0.29, 0.717) is 32.3 Å². The first-order valence-corrected chi connectivity index (χ1v) is 21.1. The molecule has 0 radical (unpaired) electrons. The van der Waals surface area contributed by atoms with Crippen molar-refractivity contribution in [2.75, 3.05) is 47.1 Å². The number of ether oxygens (including phenoxy) is 3. The van der Waals surface area contributed by atoms with E-state index in [1.54, 1.807) is 7.11 Å². The van der Waals surface area contributed by atoms with Crippen LogP contribution in [-0.2, 0) is 14.2 Å². The van der Waals surface area contributed by atoms with Gasteiger partial charge in [-0.1, -0.05) is 194 Å². The maximum atomic E-state index is 12.7. The van der Waals surface area contributed by atoms with Crippen LogP contribution in [0.1, 0.15) is 213 Å². The van der Waals surface area contributed by atoms with Gasteiger partial charge in [0.2, 0.25) is 0 Å². The van der Waals surface area contributed by atoms with Crippen molar-refractivity contribution in [3.05, 3.63) is 0 Å². The Morgan fingerprint density at radius 3 is 1.19 bits per heavy atom. The van der Waals surface area contributed by atoms with Crippen molar-refractivity contribution < 1.29 is 19.0 Å². The number of unbranched alkanes of at least 4 members (excludes halogenated alkanes) is 26. The molecule has 0 fully saturated rings. The molecular formula is C42H85NO4. The van der Waals surface area contributed by atoms with Crippen LogP contribution in [0.4, 0.5) is 4.79 Å². The first kappa shape index (κ1) is 46.2. The van der Waals surface area contributed by atoms with Crippen molar-refractivity contribution in [3.63, 3.8) is 0 Å². The van der Waals surface area contributed by atoms with Gasteiger partial charge in [-0.05, 0) is 18.8 Å². The van der Waals surface area contributed by atoms with Gasteiger partial charge in [0.15, 0.2) is 0 Å². The Kier molecular flexibility index (Phi) is 38.9. The second kappa shape index (κ2) is 39.6. The summed E-state index contributed by atoms with van der Waals surface area (Å²) < 4.78 is 16.0. The second-order valence-electron chi connectivity index (χ2n) is 14.6. The lowest BCUT2D eigenvalue weighted by Gasteiger charge is -2.24. The highest BCUT2D eigenvalue weighted by molar-refractivity contribution is 5.67. The van der Waals surface area contributed by atoms with Crippen LogP contribution in [0.2, 0.25) is 0 Å². The average Bonchev–Trinajstić information content (AvgIpc) is 3.07. The number of amides is 1. The van der Waals surface area contributed by atoms with Crippen molar-refractivity contribution in [2.24, 2.45) is 5.92 Å². The number of nitrogens with zero attached hydrogens (tertiary/aromatic N) is 1. The number of carbonyl (C=O) groups is 1. The van der Waals surface area contributed by atoms with E-state index in [2.05, 4.69) is 13.8 Å². The monoisotopic (exact) mass is 668 g/mol. The molecule has 0 spiro atoms. The molecule has 0 rings (SSSR count). The largest absolute Gasteiger partial charge is 0.449 e. The van der Waals surface area contributed by atoms with E-state index in [1.807, 2.05) is 11.9 Å². The van der Waals surface area contributed by atoms with Crippen LogP contribution in [0.5, 0.6) is 0 Å². The first-order valence-electron chi connectivity index (χ1n) is 21.1. The fraction of sp³-hybridized carbons (Fsp3) is 0.976. The standard InChI is InChI=1S/C42H85NO4/c1-5-7-9-11-13-15-17-19-21-23-25-27-29-31-34-41(40-43(3)42(44)47-37-33-36-46-39-38-45-4)35-32-30-28-26-24-22-20-18-16-14-12-10-8-6-2/h41H,5-40H2,1-4H3. The third kappa shape index (κ3) is 36.3. The second-order valence-corrected chi connectivity index (χ2v) is 14.6. The van der Waals surface area contributed by atoms with Crippen molar-refractivity contribution in [3.8, 4) is 0 Å². The van der Waals surface area contributed by atoms with Gasteiger partial charge in [-0.3, -0.25) is 0 Å². The SMILES string of the molecule is CCCCCCCCCCCCCCCCC(CCCCCCCCCCCCCCCC)CN(C)C(=O)OCCCOCCOC. The van der Waals surface area contributed by atoms with E-state index in [0.717, 1.165) is 13.0 Å². The highest BCUT2D eigenvalue weighted by Gasteiger charge is 2.17. The molecule has 0 saturated carbocycles. The van der Waals surface area contributed by atoms with Gasteiger partial charge in [0.1, 0.15) is 0 Å². The highest BCUT2D eigenvalue weighted by Crippen LogP contribution is 2.21. The topological polar surface area (TPSA) is 48.0 Å². The summed E-state index contributed by atoms with van der Waals surface area (Å²) in [5.41, 5.74) is 0. The third-order valence-corrected chi connectivity index (χ3v) is 9.87. The van der Waals surface area contributed by atoms with Crippen LogP contribution in [0.15, 0.2) is 0 Å². The number of hydrogen-bond donors (Lipinski definition) is 0. The minimum atomic E-state index is -0.186. The van der Waals surface area contributed by atoms with Crippen molar-refractivity contribution in [1.82, 2.24) is 4.90 Å². The molecule has 0 aliphatic heterocycles. The van der Waals surface area contributed by atoms with E-state index < -0.39 is 0 Å². The number of rotatable bonds is 39. The molecule has 0 heterocycles. The zero-order valence-corrected chi connectivity index (χ0v) is 32.6. The molecule has 0 aliphatic rings. The molecule has 282 valence electrons. The van der Waals surface area contributed by atoms with Crippen molar-refractivity contribution >= 4 is 6.09 Å². The average molecular weight is 668 g/mol. The third-order valence-electron chi connectivity index (χ3n) is 9.87. The molecule has 0 aliphatic carbocycles. The molecule has 0 unspecified atom stereocenters. The quantitative estimate of drug-likeness (QED) is 0.0612. The van der Waals surface area contributed by atoms with Crippen LogP contribution in [0.3, 0.4) is 0 Å². The summed E-state index contributed by atoms with van der Waals surface area (Å²) in [4.78, 5) is 14.5. The minimum Gasteiger partial charge on any atom is -0.449 e. The summed E-state index contributed by atoms with van der Waals surface area (Å²) in [7, 11) is 3.59. The van der Waals surface area contributed by atoms with E-state index in [4.69, 9.17) is 14.2 Å². The number of carbonyl (C=O) groups excluding carboxylic acids is 1. The van der Waals surface area contributed by atoms with Crippen LogP contribution in [0.25, 0.3) is 0 Å². The van der Waals surface area contributed by atoms with Crippen molar-refractivity contribution in [1.29, 1.82) is 0 Å². The first-order chi connectivity index (χ1) is 23.2. The zero-order valence-electron chi connectivity index (χ0n) is 32.6. The van der Waals surface area contributed by atoms with Gasteiger partial charge in [0, 0.05) is 33.7 Å². The van der Waals surface area contributed by atoms with E-state index in [1.165, 1.54) is 193 Å². The summed E-state index contributed by atoms with van der Waals surface area (Å²) >= 11 is 0. The summed E-state index contributed by atoms with van der Waals surface area (Å²) in [6.45, 7) is 7.61. The predicted octanol–water partition coefficient (Wildman–Crippen LogP) is 13.5. The molecule has 0 atom stereocenters. The van der Waals surface area contributed by atoms with Gasteiger partial charge >= 0.3 is 6.09 Å². The van der Waals surface area contributed by atoms with Gasteiger partial charge in [0.05, 0.1) is 19.8 Å². The number of hydrogen-bond acceptors (Lipinski definition) is 4. The zero-order chi connectivity index (χ0) is 34.3. The molecule has 47 heavy (non-hydrogen) atoms. The number of methoxy groups -OCH3 is 1. The van der Waals surface area contributed by atoms with Gasteiger partial charge in [0.25, 0.3) is 0 Å². The molecule has 5 nitrogen and oxygen atoms in total. The van der Waals surface area contributed by atoms with E-state index in [-0.39, 0.29) is 6.09 Å². The lowest BCUT2D eigenvalue weighted by atomic mass is 9.93. The summed E-state index contributed by atoms with van der Waals surface area (Å²) in [5, 5.41) is 0. The van der Waals surface area contributed by atoms with Crippen LogP contribution < -0.4 is 0 Å². The molecular weight excluding hydrogens is 582 g/mol. The van der Waals surface area contributed by atoms with Crippen LogP contribution in [-0.4, -0.2) is 58.1 Å². The molecule has 0 aromatic carbocycles. The smallest absolute Gasteiger partial charge is 0.409 e. The summed E-state index contributed by atoms with van der Waals surface area (Å²) in [5.74, 6) is 0.583. The van der Waals surface area contributed by atoms with E-state index >= 15 is 0 Å². The molecule has 0 N–H and O–H groups in total. The fourth-order valence-corrected chi connectivity index (χ4v) is 6.72. The molecule has 0 aromatic rings. The van der Waals surface area contributed by atoms with Crippen LogP contribution in [0, 0.1) is 5.92 Å². The Hall–Kier alpha value is -0.810. The van der Waals surface area contributed by atoms with Gasteiger partial charge in [-0.2, -0.15) is 0 Å². The normalized spacial score (nSPS) is 11.5. The fourth-order valence-electron chi connectivity index (χ4n) is 6.72. The van der Waals surface area contributed by atoms with Crippen molar-refractivity contribution in [2.45, 2.75) is 213 Å². The Morgan fingerprint density at radius 1 is 0.468 bits per heavy atom. The van der Waals surface area contributed by atoms with Gasteiger partial charge < -0.3 is 19.1 Å². The maximum Gasteiger partial charge on any atom is 0.409 e. The molecule has 1 amide bonds. The Morgan fingerprint density at radius 2 is 0.830 bits per heavy atom. The molecule has 0 aromatic heterocycles. The Balaban J connectivity index is 4.15. The lowest BCUT2D eigenvalue weighted by Crippen LogP contribution is -2.32.